The van der Waals surface area contributed by atoms with Crippen LogP contribution >= 0.6 is 0 Å². The van der Waals surface area contributed by atoms with E-state index in [1.54, 1.807) is 12.3 Å². The summed E-state index contributed by atoms with van der Waals surface area (Å²) < 4.78 is 5.02. The fourth-order valence-corrected chi connectivity index (χ4v) is 2.75. The van der Waals surface area contributed by atoms with E-state index in [2.05, 4.69) is 26.9 Å². The fraction of sp³-hybridized carbons (Fsp3) is 0.312. The molecule has 1 aromatic heterocycles. The molecular formula is C16H18N4O2. The molecule has 6 nitrogen and oxygen atoms in total. The molecule has 114 valence electrons. The highest BCUT2D eigenvalue weighted by molar-refractivity contribution is 5.85. The van der Waals surface area contributed by atoms with Crippen LogP contribution in [0.4, 0.5) is 5.95 Å². The summed E-state index contributed by atoms with van der Waals surface area (Å²) in [5.41, 5.74) is 7.80. The average molecular weight is 298 g/mol. The van der Waals surface area contributed by atoms with Gasteiger partial charge >= 0.3 is 0 Å². The van der Waals surface area contributed by atoms with Crippen LogP contribution in [0.25, 0.3) is 0 Å². The monoisotopic (exact) mass is 298 g/mol. The highest BCUT2D eigenvalue weighted by Gasteiger charge is 2.26. The lowest BCUT2D eigenvalue weighted by Gasteiger charge is -2.24. The number of aromatic nitrogens is 2. The number of benzene rings is 1. The summed E-state index contributed by atoms with van der Waals surface area (Å²) in [6.45, 7) is 0. The van der Waals surface area contributed by atoms with Gasteiger partial charge in [-0.3, -0.25) is 15.6 Å². The maximum Gasteiger partial charge on any atom is 0.245 e. The predicted molar refractivity (Wildman–Crippen MR) is 82.5 cm³/mol. The van der Waals surface area contributed by atoms with Crippen LogP contribution in [0.15, 0.2) is 36.5 Å². The smallest absolute Gasteiger partial charge is 0.245 e. The Morgan fingerprint density at radius 3 is 3.05 bits per heavy atom. The zero-order valence-electron chi connectivity index (χ0n) is 12.4. The minimum absolute atomic E-state index is 0.0708. The number of hydrogen-bond acceptors (Lipinski definition) is 5. The van der Waals surface area contributed by atoms with Crippen LogP contribution in [0.5, 0.6) is 5.88 Å². The van der Waals surface area contributed by atoms with E-state index in [-0.39, 0.29) is 11.8 Å². The molecule has 0 saturated carbocycles. The van der Waals surface area contributed by atoms with Crippen molar-refractivity contribution in [1.82, 2.24) is 15.4 Å². The maximum absolute atomic E-state index is 12.4. The molecule has 6 heteroatoms. The van der Waals surface area contributed by atoms with Gasteiger partial charge in [-0.15, -0.1) is 0 Å². The molecule has 3 rings (SSSR count). The normalized spacial score (nSPS) is 16.5. The van der Waals surface area contributed by atoms with Gasteiger partial charge in [-0.2, -0.15) is 4.98 Å². The average Bonchev–Trinajstić information content (AvgIpc) is 2.59. The van der Waals surface area contributed by atoms with Crippen LogP contribution in [0.3, 0.4) is 0 Å². The highest BCUT2D eigenvalue weighted by atomic mass is 16.5. The van der Waals surface area contributed by atoms with Gasteiger partial charge in [0.1, 0.15) is 0 Å². The van der Waals surface area contributed by atoms with Gasteiger partial charge < -0.3 is 4.74 Å². The van der Waals surface area contributed by atoms with Crippen molar-refractivity contribution in [3.63, 3.8) is 0 Å². The molecule has 2 aromatic rings. The number of ether oxygens (including phenoxy) is 1. The SMILES string of the molecule is COc1ccnc(NNC(=O)[C@@H]2CCCc3ccccc32)n1. The number of fused-ring (bicyclic) bond motifs is 1. The first-order valence-corrected chi connectivity index (χ1v) is 7.28. The van der Waals surface area contributed by atoms with Gasteiger partial charge in [0.2, 0.25) is 17.7 Å². The van der Waals surface area contributed by atoms with Crippen molar-refractivity contribution in [1.29, 1.82) is 0 Å². The predicted octanol–water partition coefficient (Wildman–Crippen LogP) is 2.05. The fourth-order valence-electron chi connectivity index (χ4n) is 2.75. The number of carbonyl (C=O) groups excluding carboxylic acids is 1. The van der Waals surface area contributed by atoms with Crippen LogP contribution in [0.1, 0.15) is 29.9 Å². The second kappa shape index (κ2) is 6.43. The van der Waals surface area contributed by atoms with Crippen molar-refractivity contribution in [2.45, 2.75) is 25.2 Å². The van der Waals surface area contributed by atoms with Gasteiger partial charge in [-0.05, 0) is 30.4 Å². The van der Waals surface area contributed by atoms with E-state index in [1.807, 2.05) is 18.2 Å². The van der Waals surface area contributed by atoms with Crippen LogP contribution in [-0.2, 0) is 11.2 Å². The number of nitrogens with one attached hydrogen (secondary N) is 2. The number of hydrazine groups is 1. The van der Waals surface area contributed by atoms with E-state index in [9.17, 15) is 4.79 Å². The highest BCUT2D eigenvalue weighted by Crippen LogP contribution is 2.31. The molecule has 1 aromatic carbocycles. The summed E-state index contributed by atoms with van der Waals surface area (Å²) in [6, 6.07) is 9.75. The van der Waals surface area contributed by atoms with E-state index < -0.39 is 0 Å². The van der Waals surface area contributed by atoms with Crippen LogP contribution in [0, 0.1) is 0 Å². The number of methoxy groups -OCH3 is 1. The van der Waals surface area contributed by atoms with E-state index in [1.165, 1.54) is 12.7 Å². The van der Waals surface area contributed by atoms with Crippen molar-refractivity contribution in [2.75, 3.05) is 12.5 Å². The third-order valence-electron chi connectivity index (χ3n) is 3.82. The van der Waals surface area contributed by atoms with Crippen molar-refractivity contribution < 1.29 is 9.53 Å². The summed E-state index contributed by atoms with van der Waals surface area (Å²) in [4.78, 5) is 20.6. The second-order valence-corrected chi connectivity index (χ2v) is 5.18. The molecule has 1 amide bonds. The first-order chi connectivity index (χ1) is 10.8. The minimum atomic E-state index is -0.136. The molecule has 2 N–H and O–H groups in total. The van der Waals surface area contributed by atoms with E-state index in [0.29, 0.717) is 11.8 Å². The number of carbonyl (C=O) groups is 1. The summed E-state index contributed by atoms with van der Waals surface area (Å²) in [5.74, 6) is 0.535. The molecule has 0 saturated heterocycles. The number of aryl methyl sites for hydroxylation is 1. The van der Waals surface area contributed by atoms with Gasteiger partial charge in [0, 0.05) is 12.3 Å². The number of hydrogen-bond donors (Lipinski definition) is 2. The molecule has 0 unspecified atom stereocenters. The lowest BCUT2D eigenvalue weighted by Crippen LogP contribution is -2.36. The Morgan fingerprint density at radius 2 is 2.18 bits per heavy atom. The largest absolute Gasteiger partial charge is 0.481 e. The molecule has 1 heterocycles. The Hall–Kier alpha value is -2.63. The van der Waals surface area contributed by atoms with Gasteiger partial charge in [0.25, 0.3) is 0 Å². The summed E-state index contributed by atoms with van der Waals surface area (Å²) >= 11 is 0. The number of nitrogens with zero attached hydrogens (tertiary/aromatic N) is 2. The Balaban J connectivity index is 1.68. The molecule has 1 aliphatic carbocycles. The van der Waals surface area contributed by atoms with Crippen molar-refractivity contribution in [3.05, 3.63) is 47.7 Å². The Kier molecular flexibility index (Phi) is 4.18. The quantitative estimate of drug-likeness (QED) is 0.845. The molecular weight excluding hydrogens is 280 g/mol. The lowest BCUT2D eigenvalue weighted by molar-refractivity contribution is -0.122. The van der Waals surface area contributed by atoms with Gasteiger partial charge in [0.15, 0.2) is 0 Å². The zero-order valence-corrected chi connectivity index (χ0v) is 12.4. The maximum atomic E-state index is 12.4. The molecule has 0 radical (unpaired) electrons. The van der Waals surface area contributed by atoms with Crippen molar-refractivity contribution in [2.24, 2.45) is 0 Å². The summed E-state index contributed by atoms with van der Waals surface area (Å²) in [5, 5.41) is 0. The van der Waals surface area contributed by atoms with Crippen molar-refractivity contribution >= 4 is 11.9 Å². The van der Waals surface area contributed by atoms with Crippen LogP contribution in [0.2, 0.25) is 0 Å². The minimum Gasteiger partial charge on any atom is -0.481 e. The summed E-state index contributed by atoms with van der Waals surface area (Å²) in [7, 11) is 1.53. The van der Waals surface area contributed by atoms with Gasteiger partial charge in [0.05, 0.1) is 13.0 Å². The second-order valence-electron chi connectivity index (χ2n) is 5.18. The first-order valence-electron chi connectivity index (χ1n) is 7.28. The molecule has 22 heavy (non-hydrogen) atoms. The molecule has 1 atom stereocenters. The zero-order chi connectivity index (χ0) is 15.4. The summed E-state index contributed by atoms with van der Waals surface area (Å²) in [6.07, 6.45) is 4.47. The third kappa shape index (κ3) is 3.00. The third-order valence-corrected chi connectivity index (χ3v) is 3.82. The van der Waals surface area contributed by atoms with E-state index in [4.69, 9.17) is 4.74 Å². The topological polar surface area (TPSA) is 76.1 Å². The van der Waals surface area contributed by atoms with Crippen LogP contribution < -0.4 is 15.6 Å². The van der Waals surface area contributed by atoms with Crippen molar-refractivity contribution in [3.8, 4) is 5.88 Å². The Morgan fingerprint density at radius 1 is 1.32 bits per heavy atom. The number of amides is 1. The van der Waals surface area contributed by atoms with Gasteiger partial charge in [-0.25, -0.2) is 4.98 Å². The molecule has 1 aliphatic rings. The standard InChI is InChI=1S/C16H18N4O2/c1-22-14-9-10-17-16(18-14)20-19-15(21)13-8-4-6-11-5-2-3-7-12(11)13/h2-3,5,7,9-10,13H,4,6,8H2,1H3,(H,19,21)(H,17,18,20)/t13-/m1/s1. The van der Waals surface area contributed by atoms with E-state index in [0.717, 1.165) is 24.8 Å². The van der Waals surface area contributed by atoms with E-state index >= 15 is 0 Å². The molecule has 0 fully saturated rings. The number of rotatable bonds is 4. The molecule has 0 bridgehead atoms. The molecule has 0 spiro atoms. The Labute approximate surface area is 128 Å². The lowest BCUT2D eigenvalue weighted by atomic mass is 9.82. The Bertz CT molecular complexity index is 675. The van der Waals surface area contributed by atoms with Crippen LogP contribution in [-0.4, -0.2) is 23.0 Å². The van der Waals surface area contributed by atoms with Gasteiger partial charge in [-0.1, -0.05) is 24.3 Å². The number of anilines is 1. The first kappa shape index (κ1) is 14.3. The molecule has 0 aliphatic heterocycles.